The summed E-state index contributed by atoms with van der Waals surface area (Å²) < 4.78 is 6.02. The molecule has 4 rings (SSSR count). The van der Waals surface area contributed by atoms with Gasteiger partial charge in [-0.05, 0) is 36.6 Å². The molecule has 0 aromatic heterocycles. The third kappa shape index (κ3) is 3.07. The van der Waals surface area contributed by atoms with Gasteiger partial charge in [0, 0.05) is 44.4 Å². The molecule has 7 nitrogen and oxygen atoms in total. The van der Waals surface area contributed by atoms with E-state index in [2.05, 4.69) is 5.32 Å². The zero-order chi connectivity index (χ0) is 18.3. The number of amides is 3. The number of carbonyl (C=O) groups is 3. The number of likely N-dealkylation sites (tertiary alicyclic amines) is 1. The summed E-state index contributed by atoms with van der Waals surface area (Å²) in [4.78, 5) is 39.7. The van der Waals surface area contributed by atoms with Gasteiger partial charge in [-0.3, -0.25) is 14.4 Å². The summed E-state index contributed by atoms with van der Waals surface area (Å²) in [5, 5.41) is 2.78. The molecule has 3 amide bonds. The van der Waals surface area contributed by atoms with Crippen LogP contribution >= 0.6 is 0 Å². The molecule has 2 saturated heterocycles. The summed E-state index contributed by atoms with van der Waals surface area (Å²) >= 11 is 0. The summed E-state index contributed by atoms with van der Waals surface area (Å²) in [6, 6.07) is 5.38. The quantitative estimate of drug-likeness (QED) is 0.814. The summed E-state index contributed by atoms with van der Waals surface area (Å²) in [7, 11) is 0. The number of morpholine rings is 1. The topological polar surface area (TPSA) is 79.0 Å². The highest BCUT2D eigenvalue weighted by Gasteiger charge is 2.41. The van der Waals surface area contributed by atoms with E-state index in [9.17, 15) is 14.4 Å². The molecular formula is C19H23N3O4. The maximum absolute atomic E-state index is 12.8. The van der Waals surface area contributed by atoms with E-state index in [1.54, 1.807) is 19.1 Å². The van der Waals surface area contributed by atoms with Crippen molar-refractivity contribution in [3.8, 4) is 0 Å². The van der Waals surface area contributed by atoms with Gasteiger partial charge in [-0.2, -0.15) is 0 Å². The number of nitrogens with one attached hydrogen (secondary N) is 1. The largest absolute Gasteiger partial charge is 0.371 e. The predicted molar refractivity (Wildman–Crippen MR) is 94.9 cm³/mol. The van der Waals surface area contributed by atoms with Gasteiger partial charge >= 0.3 is 0 Å². The Morgan fingerprint density at radius 1 is 1.15 bits per heavy atom. The van der Waals surface area contributed by atoms with Crippen molar-refractivity contribution in [2.75, 3.05) is 38.1 Å². The lowest BCUT2D eigenvalue weighted by Gasteiger charge is -2.47. The minimum absolute atomic E-state index is 0.0127. The van der Waals surface area contributed by atoms with E-state index in [1.807, 2.05) is 15.9 Å². The molecule has 0 atom stereocenters. The van der Waals surface area contributed by atoms with Crippen molar-refractivity contribution >= 4 is 23.4 Å². The predicted octanol–water partition coefficient (Wildman–Crippen LogP) is 1.03. The van der Waals surface area contributed by atoms with Gasteiger partial charge in [0.25, 0.3) is 5.91 Å². The number of anilines is 1. The lowest BCUT2D eigenvalue weighted by Crippen LogP contribution is -2.58. The van der Waals surface area contributed by atoms with E-state index < -0.39 is 0 Å². The smallest absolute Gasteiger partial charge is 0.253 e. The van der Waals surface area contributed by atoms with Crippen molar-refractivity contribution in [3.63, 3.8) is 0 Å². The van der Waals surface area contributed by atoms with Crippen LogP contribution in [0.4, 0.5) is 5.69 Å². The highest BCUT2D eigenvalue weighted by Crippen LogP contribution is 2.31. The Morgan fingerprint density at radius 2 is 1.92 bits per heavy atom. The average molecular weight is 357 g/mol. The van der Waals surface area contributed by atoms with Crippen molar-refractivity contribution in [1.29, 1.82) is 0 Å². The Kier molecular flexibility index (Phi) is 4.19. The number of piperidine rings is 1. The third-order valence-corrected chi connectivity index (χ3v) is 5.63. The van der Waals surface area contributed by atoms with Gasteiger partial charge in [0.2, 0.25) is 11.8 Å². The minimum atomic E-state index is -0.324. The van der Waals surface area contributed by atoms with Crippen LogP contribution in [0.2, 0.25) is 0 Å². The summed E-state index contributed by atoms with van der Waals surface area (Å²) in [5.74, 6) is 0.0303. The van der Waals surface area contributed by atoms with Crippen LogP contribution in [0, 0.1) is 0 Å². The van der Waals surface area contributed by atoms with Crippen LogP contribution in [0.25, 0.3) is 0 Å². The van der Waals surface area contributed by atoms with Crippen molar-refractivity contribution in [2.45, 2.75) is 31.8 Å². The standard InChI is InChI=1S/C19H23N3O4/c1-13(23)22-8-9-26-19(12-22)4-6-21(7-5-19)18(25)14-2-3-16-15(10-14)11-17(24)20-16/h2-3,10H,4-9,11-12H2,1H3,(H,20,24). The van der Waals surface area contributed by atoms with E-state index in [0.717, 1.165) is 24.1 Å². The first-order valence-corrected chi connectivity index (χ1v) is 9.07. The summed E-state index contributed by atoms with van der Waals surface area (Å²) in [6.07, 6.45) is 1.79. The number of rotatable bonds is 1. The van der Waals surface area contributed by atoms with Gasteiger partial charge in [-0.1, -0.05) is 0 Å². The average Bonchev–Trinajstić information content (AvgIpc) is 3.01. The highest BCUT2D eigenvalue weighted by molar-refractivity contribution is 6.01. The SMILES string of the molecule is CC(=O)N1CCOC2(CCN(C(=O)c3ccc4c(c3)CC(=O)N4)CC2)C1. The second-order valence-electron chi connectivity index (χ2n) is 7.36. The molecule has 3 heterocycles. The van der Waals surface area contributed by atoms with E-state index in [0.29, 0.717) is 44.8 Å². The molecule has 0 bridgehead atoms. The van der Waals surface area contributed by atoms with Crippen molar-refractivity contribution < 1.29 is 19.1 Å². The van der Waals surface area contributed by atoms with Crippen molar-refractivity contribution in [3.05, 3.63) is 29.3 Å². The van der Waals surface area contributed by atoms with Crippen LogP contribution in [0.15, 0.2) is 18.2 Å². The van der Waals surface area contributed by atoms with Crippen molar-refractivity contribution in [1.82, 2.24) is 9.80 Å². The van der Waals surface area contributed by atoms with Gasteiger partial charge in [0.1, 0.15) is 0 Å². The van der Waals surface area contributed by atoms with Gasteiger partial charge in [-0.15, -0.1) is 0 Å². The maximum atomic E-state index is 12.8. The van der Waals surface area contributed by atoms with E-state index in [-0.39, 0.29) is 23.3 Å². The Hall–Kier alpha value is -2.41. The number of carbonyl (C=O) groups excluding carboxylic acids is 3. The minimum Gasteiger partial charge on any atom is -0.371 e. The molecule has 3 aliphatic rings. The van der Waals surface area contributed by atoms with Crippen LogP contribution in [0.1, 0.15) is 35.7 Å². The molecular weight excluding hydrogens is 334 g/mol. The number of ether oxygens (including phenoxy) is 1. The van der Waals surface area contributed by atoms with E-state index >= 15 is 0 Å². The summed E-state index contributed by atoms with van der Waals surface area (Å²) in [5.41, 5.74) is 1.96. The first-order chi connectivity index (χ1) is 12.5. The van der Waals surface area contributed by atoms with Crippen LogP contribution in [-0.4, -0.2) is 65.9 Å². The number of nitrogens with zero attached hydrogens (tertiary/aromatic N) is 2. The number of hydrogen-bond donors (Lipinski definition) is 1. The molecule has 7 heteroatoms. The first-order valence-electron chi connectivity index (χ1n) is 9.07. The second kappa shape index (κ2) is 6.39. The fraction of sp³-hybridized carbons (Fsp3) is 0.526. The monoisotopic (exact) mass is 357 g/mol. The van der Waals surface area contributed by atoms with Gasteiger partial charge < -0.3 is 19.9 Å². The molecule has 26 heavy (non-hydrogen) atoms. The number of fused-ring (bicyclic) bond motifs is 1. The van der Waals surface area contributed by atoms with Crippen LogP contribution in [0.5, 0.6) is 0 Å². The Morgan fingerprint density at radius 3 is 2.65 bits per heavy atom. The van der Waals surface area contributed by atoms with E-state index in [4.69, 9.17) is 4.74 Å². The molecule has 0 aliphatic carbocycles. The Labute approximate surface area is 152 Å². The molecule has 1 spiro atoms. The van der Waals surface area contributed by atoms with E-state index in [1.165, 1.54) is 0 Å². The fourth-order valence-corrected chi connectivity index (χ4v) is 4.08. The Bertz CT molecular complexity index is 768. The Balaban J connectivity index is 1.42. The normalized spacial score (nSPS) is 21.5. The highest BCUT2D eigenvalue weighted by atomic mass is 16.5. The molecule has 0 saturated carbocycles. The third-order valence-electron chi connectivity index (χ3n) is 5.63. The zero-order valence-corrected chi connectivity index (χ0v) is 14.9. The lowest BCUT2D eigenvalue weighted by molar-refractivity contribution is -0.156. The van der Waals surface area contributed by atoms with Gasteiger partial charge in [0.05, 0.1) is 18.6 Å². The van der Waals surface area contributed by atoms with Crippen LogP contribution in [-0.2, 0) is 20.7 Å². The molecule has 1 N–H and O–H groups in total. The molecule has 0 radical (unpaired) electrons. The maximum Gasteiger partial charge on any atom is 0.253 e. The molecule has 1 aromatic rings. The molecule has 1 aromatic carbocycles. The molecule has 0 unspecified atom stereocenters. The van der Waals surface area contributed by atoms with Gasteiger partial charge in [-0.25, -0.2) is 0 Å². The number of benzene rings is 1. The number of hydrogen-bond acceptors (Lipinski definition) is 4. The van der Waals surface area contributed by atoms with Gasteiger partial charge in [0.15, 0.2) is 0 Å². The summed E-state index contributed by atoms with van der Waals surface area (Å²) in [6.45, 7) is 4.61. The van der Waals surface area contributed by atoms with Crippen LogP contribution in [0.3, 0.4) is 0 Å². The molecule has 2 fully saturated rings. The van der Waals surface area contributed by atoms with Crippen molar-refractivity contribution in [2.24, 2.45) is 0 Å². The van der Waals surface area contributed by atoms with Crippen LogP contribution < -0.4 is 5.32 Å². The first kappa shape index (κ1) is 17.0. The molecule has 3 aliphatic heterocycles. The zero-order valence-electron chi connectivity index (χ0n) is 14.9. The lowest BCUT2D eigenvalue weighted by atomic mass is 9.89. The second-order valence-corrected chi connectivity index (χ2v) is 7.36. The fourth-order valence-electron chi connectivity index (χ4n) is 4.08. The molecule has 138 valence electrons.